The number of carbonyl (C=O) groups is 5. The third kappa shape index (κ3) is 8.71. The summed E-state index contributed by atoms with van der Waals surface area (Å²) in [5.74, 6) is -5.45. The largest absolute Gasteiger partial charge is 0.480 e. The molecule has 0 aliphatic heterocycles. The minimum atomic E-state index is -1.60. The molecule has 0 fully saturated rings. The molecular weight excluding hydrogens is 402 g/mol. The second kappa shape index (κ2) is 12.7. The Morgan fingerprint density at radius 3 is 1.87 bits per heavy atom. The number of hydrogen-bond donors (Lipinski definition) is 8. The van der Waals surface area contributed by atoms with Crippen LogP contribution in [0.1, 0.15) is 33.6 Å². The van der Waals surface area contributed by atoms with Crippen LogP contribution < -0.4 is 27.4 Å². The first-order valence-corrected chi connectivity index (χ1v) is 9.32. The van der Waals surface area contributed by atoms with E-state index in [1.807, 2.05) is 0 Å². The number of rotatable bonds is 13. The summed E-state index contributed by atoms with van der Waals surface area (Å²) in [5, 5.41) is 34.7. The highest BCUT2D eigenvalue weighted by atomic mass is 16.4. The smallest absolute Gasteiger partial charge is 0.328 e. The van der Waals surface area contributed by atoms with E-state index in [1.165, 1.54) is 6.92 Å². The minimum absolute atomic E-state index is 0.421. The third-order valence-electron chi connectivity index (χ3n) is 4.41. The van der Waals surface area contributed by atoms with E-state index in [-0.39, 0.29) is 0 Å². The molecule has 0 bridgehead atoms. The van der Waals surface area contributed by atoms with Crippen molar-refractivity contribution in [1.29, 1.82) is 0 Å². The Hall–Kier alpha value is -2.77. The summed E-state index contributed by atoms with van der Waals surface area (Å²) >= 11 is 0. The molecule has 4 amide bonds. The number of primary amides is 1. The van der Waals surface area contributed by atoms with Gasteiger partial charge >= 0.3 is 5.97 Å². The van der Waals surface area contributed by atoms with Crippen molar-refractivity contribution in [1.82, 2.24) is 16.0 Å². The van der Waals surface area contributed by atoms with Crippen LogP contribution in [0.15, 0.2) is 0 Å². The van der Waals surface area contributed by atoms with Crippen molar-refractivity contribution < 1.29 is 39.3 Å². The highest BCUT2D eigenvalue weighted by molar-refractivity contribution is 5.95. The van der Waals surface area contributed by atoms with Crippen LogP contribution in [0.4, 0.5) is 0 Å². The Morgan fingerprint density at radius 1 is 0.933 bits per heavy atom. The molecule has 6 unspecified atom stereocenters. The Bertz CT molecular complexity index is 642. The molecule has 0 saturated heterocycles. The number of carbonyl (C=O) groups excluding carboxylic acids is 4. The van der Waals surface area contributed by atoms with Gasteiger partial charge in [0.05, 0.1) is 25.2 Å². The monoisotopic (exact) mass is 433 g/mol. The maximum atomic E-state index is 12.5. The Kier molecular flexibility index (Phi) is 11.5. The van der Waals surface area contributed by atoms with Gasteiger partial charge in [0.2, 0.25) is 23.6 Å². The number of aliphatic carboxylic acids is 1. The van der Waals surface area contributed by atoms with Gasteiger partial charge in [-0.2, -0.15) is 0 Å². The highest BCUT2D eigenvalue weighted by Crippen LogP contribution is 2.09. The van der Waals surface area contributed by atoms with Gasteiger partial charge in [0.15, 0.2) is 6.04 Å². The normalized spacial score (nSPS) is 16.9. The van der Waals surface area contributed by atoms with Crippen molar-refractivity contribution in [3.63, 3.8) is 0 Å². The lowest BCUT2D eigenvalue weighted by atomic mass is 9.97. The van der Waals surface area contributed by atoms with E-state index >= 15 is 0 Å². The van der Waals surface area contributed by atoms with Crippen LogP contribution in [0.2, 0.25) is 0 Å². The van der Waals surface area contributed by atoms with Crippen LogP contribution in [-0.4, -0.2) is 81.8 Å². The molecule has 13 heteroatoms. The highest BCUT2D eigenvalue weighted by Gasteiger charge is 2.33. The summed E-state index contributed by atoms with van der Waals surface area (Å²) in [7, 11) is 0. The molecule has 0 aromatic rings. The predicted octanol–water partition coefficient (Wildman–Crippen LogP) is -3.85. The first-order valence-electron chi connectivity index (χ1n) is 9.32. The molecule has 0 aromatic carbocycles. The SMILES string of the molecule is CCC(C)C(NC(=O)C(CO)NC(=O)C(N)CC(N)=O)C(=O)NC(C(=O)O)C(C)O. The summed E-state index contributed by atoms with van der Waals surface area (Å²) in [6, 6.07) is -5.63. The molecular formula is C17H31N5O8. The Morgan fingerprint density at radius 2 is 1.47 bits per heavy atom. The lowest BCUT2D eigenvalue weighted by molar-refractivity contribution is -0.145. The average molecular weight is 433 g/mol. The van der Waals surface area contributed by atoms with E-state index in [9.17, 15) is 34.2 Å². The Labute approximate surface area is 173 Å². The van der Waals surface area contributed by atoms with Crippen molar-refractivity contribution in [2.45, 2.75) is 63.9 Å². The maximum Gasteiger partial charge on any atom is 0.328 e. The Balaban J connectivity index is 5.32. The number of carboxylic acid groups (broad SMARTS) is 1. The number of nitrogens with one attached hydrogen (secondary N) is 3. The molecule has 0 aliphatic carbocycles. The first-order chi connectivity index (χ1) is 13.8. The van der Waals surface area contributed by atoms with E-state index in [1.54, 1.807) is 13.8 Å². The first kappa shape index (κ1) is 27.2. The molecule has 13 nitrogen and oxygen atoms in total. The number of aliphatic hydroxyl groups excluding tert-OH is 2. The van der Waals surface area contributed by atoms with Gasteiger partial charge in [0.25, 0.3) is 0 Å². The number of nitrogens with two attached hydrogens (primary N) is 2. The number of aliphatic hydroxyl groups is 2. The van der Waals surface area contributed by atoms with Crippen LogP contribution in [-0.2, 0) is 24.0 Å². The fraction of sp³-hybridized carbons (Fsp3) is 0.706. The van der Waals surface area contributed by atoms with Crippen LogP contribution in [0, 0.1) is 5.92 Å². The van der Waals surface area contributed by atoms with Gasteiger partial charge in [0, 0.05) is 0 Å². The standard InChI is InChI=1S/C17H31N5O8/c1-4-7(2)12(16(28)22-13(8(3)24)17(29)30)21-15(27)10(6-23)20-14(26)9(18)5-11(19)25/h7-10,12-13,23-24H,4-6,18H2,1-3H3,(H2,19,25)(H,20,26)(H,21,27)(H,22,28)(H,29,30). The summed E-state index contributed by atoms with van der Waals surface area (Å²) < 4.78 is 0. The van der Waals surface area contributed by atoms with Crippen LogP contribution in [0.3, 0.4) is 0 Å². The van der Waals surface area contributed by atoms with Crippen molar-refractivity contribution in [3.8, 4) is 0 Å². The summed E-state index contributed by atoms with van der Waals surface area (Å²) in [6.07, 6.45) is -1.44. The second-order valence-electron chi connectivity index (χ2n) is 6.96. The number of carboxylic acids is 1. The molecule has 0 aromatic heterocycles. The maximum absolute atomic E-state index is 12.5. The molecule has 0 radical (unpaired) electrons. The van der Waals surface area contributed by atoms with Gasteiger partial charge in [0.1, 0.15) is 12.1 Å². The van der Waals surface area contributed by atoms with Crippen molar-refractivity contribution >= 4 is 29.6 Å². The molecule has 6 atom stereocenters. The third-order valence-corrected chi connectivity index (χ3v) is 4.41. The molecule has 0 rings (SSSR count). The van der Waals surface area contributed by atoms with E-state index in [0.717, 1.165) is 0 Å². The fourth-order valence-corrected chi connectivity index (χ4v) is 2.37. The zero-order valence-electron chi connectivity index (χ0n) is 17.1. The van der Waals surface area contributed by atoms with Crippen LogP contribution in [0.25, 0.3) is 0 Å². The number of amides is 4. The molecule has 0 spiro atoms. The second-order valence-corrected chi connectivity index (χ2v) is 6.96. The van der Waals surface area contributed by atoms with Gasteiger partial charge in [-0.25, -0.2) is 4.79 Å². The summed E-state index contributed by atoms with van der Waals surface area (Å²) in [5.41, 5.74) is 10.4. The minimum Gasteiger partial charge on any atom is -0.480 e. The fourth-order valence-electron chi connectivity index (χ4n) is 2.37. The zero-order valence-corrected chi connectivity index (χ0v) is 17.1. The van der Waals surface area contributed by atoms with E-state index in [0.29, 0.717) is 6.42 Å². The van der Waals surface area contributed by atoms with Crippen molar-refractivity contribution in [2.24, 2.45) is 17.4 Å². The quantitative estimate of drug-likeness (QED) is 0.142. The van der Waals surface area contributed by atoms with Gasteiger partial charge in [-0.15, -0.1) is 0 Å². The van der Waals surface area contributed by atoms with Crippen LogP contribution >= 0.6 is 0 Å². The summed E-state index contributed by atoms with van der Waals surface area (Å²) in [4.78, 5) is 59.0. The van der Waals surface area contributed by atoms with E-state index < -0.39 is 78.8 Å². The summed E-state index contributed by atoms with van der Waals surface area (Å²) in [6.45, 7) is 3.70. The van der Waals surface area contributed by atoms with E-state index in [2.05, 4.69) is 16.0 Å². The van der Waals surface area contributed by atoms with Gasteiger partial charge in [-0.1, -0.05) is 20.3 Å². The molecule has 30 heavy (non-hydrogen) atoms. The molecule has 0 saturated carbocycles. The predicted molar refractivity (Wildman–Crippen MR) is 103 cm³/mol. The van der Waals surface area contributed by atoms with Gasteiger partial charge in [-0.3, -0.25) is 19.2 Å². The zero-order chi connectivity index (χ0) is 23.6. The average Bonchev–Trinajstić information content (AvgIpc) is 2.65. The van der Waals surface area contributed by atoms with Gasteiger partial charge < -0.3 is 42.7 Å². The number of hydrogen-bond acceptors (Lipinski definition) is 8. The van der Waals surface area contributed by atoms with Crippen molar-refractivity contribution in [2.75, 3.05) is 6.61 Å². The molecule has 0 aliphatic rings. The van der Waals surface area contributed by atoms with E-state index in [4.69, 9.17) is 16.6 Å². The lowest BCUT2D eigenvalue weighted by Crippen LogP contribution is -2.60. The topological polar surface area (TPSA) is 234 Å². The van der Waals surface area contributed by atoms with Crippen LogP contribution in [0.5, 0.6) is 0 Å². The van der Waals surface area contributed by atoms with Crippen molar-refractivity contribution in [3.05, 3.63) is 0 Å². The molecule has 172 valence electrons. The molecule has 0 heterocycles. The van der Waals surface area contributed by atoms with Gasteiger partial charge in [-0.05, 0) is 12.8 Å². The lowest BCUT2D eigenvalue weighted by Gasteiger charge is -2.28. The molecule has 10 N–H and O–H groups in total.